The number of carbonyl (C=O) groups is 1. The van der Waals surface area contributed by atoms with Crippen molar-refractivity contribution < 1.29 is 4.79 Å². The molecule has 1 N–H and O–H groups in total. The SMILES string of the molecule is O=C(CN1CCN(Cc2c(Cl)cccc2Cl)CC1)Nc1ccc(Cl)cc1. The molecule has 0 radical (unpaired) electrons. The molecule has 0 unspecified atom stereocenters. The van der Waals surface area contributed by atoms with Gasteiger partial charge in [-0.15, -0.1) is 0 Å². The molecule has 3 rings (SSSR count). The van der Waals surface area contributed by atoms with Crippen LogP contribution in [0.25, 0.3) is 0 Å². The fourth-order valence-electron chi connectivity index (χ4n) is 2.95. The summed E-state index contributed by atoms with van der Waals surface area (Å²) in [4.78, 5) is 16.6. The molecule has 2 aromatic carbocycles. The molecule has 138 valence electrons. The van der Waals surface area contributed by atoms with Gasteiger partial charge in [0.05, 0.1) is 6.54 Å². The zero-order valence-electron chi connectivity index (χ0n) is 14.2. The molecule has 4 nitrogen and oxygen atoms in total. The van der Waals surface area contributed by atoms with Crippen molar-refractivity contribution >= 4 is 46.4 Å². The molecule has 2 aromatic rings. The average molecular weight is 413 g/mol. The predicted octanol–water partition coefficient (Wildman–Crippen LogP) is 4.40. The first-order chi connectivity index (χ1) is 12.5. The highest BCUT2D eigenvalue weighted by Crippen LogP contribution is 2.26. The second-order valence-electron chi connectivity index (χ2n) is 6.31. The van der Waals surface area contributed by atoms with E-state index in [4.69, 9.17) is 34.8 Å². The first-order valence-electron chi connectivity index (χ1n) is 8.44. The molecule has 0 atom stereocenters. The average Bonchev–Trinajstić information content (AvgIpc) is 2.62. The van der Waals surface area contributed by atoms with Crippen LogP contribution in [0.3, 0.4) is 0 Å². The molecule has 7 heteroatoms. The molecular weight excluding hydrogens is 393 g/mol. The van der Waals surface area contributed by atoms with E-state index < -0.39 is 0 Å². The number of nitrogens with zero attached hydrogens (tertiary/aromatic N) is 2. The Morgan fingerprint density at radius 2 is 1.46 bits per heavy atom. The molecule has 1 amide bonds. The number of nitrogens with one attached hydrogen (secondary N) is 1. The lowest BCUT2D eigenvalue weighted by atomic mass is 10.2. The van der Waals surface area contributed by atoms with E-state index in [1.807, 2.05) is 18.2 Å². The summed E-state index contributed by atoms with van der Waals surface area (Å²) >= 11 is 18.4. The summed E-state index contributed by atoms with van der Waals surface area (Å²) in [5, 5.41) is 4.94. The number of hydrogen-bond donors (Lipinski definition) is 1. The van der Waals surface area contributed by atoms with Crippen molar-refractivity contribution in [2.45, 2.75) is 6.54 Å². The van der Waals surface area contributed by atoms with Gasteiger partial charge in [-0.05, 0) is 36.4 Å². The minimum atomic E-state index is -0.0186. The Kier molecular flexibility index (Phi) is 6.79. The minimum Gasteiger partial charge on any atom is -0.325 e. The number of anilines is 1. The van der Waals surface area contributed by atoms with Crippen molar-refractivity contribution in [1.29, 1.82) is 0 Å². The fourth-order valence-corrected chi connectivity index (χ4v) is 3.59. The monoisotopic (exact) mass is 411 g/mol. The summed E-state index contributed by atoms with van der Waals surface area (Å²) in [6.07, 6.45) is 0. The molecular formula is C19H20Cl3N3O. The van der Waals surface area contributed by atoms with Crippen LogP contribution in [0.2, 0.25) is 15.1 Å². The summed E-state index contributed by atoms with van der Waals surface area (Å²) in [6.45, 7) is 4.50. The lowest BCUT2D eigenvalue weighted by Crippen LogP contribution is -2.48. The third-order valence-electron chi connectivity index (χ3n) is 4.40. The van der Waals surface area contributed by atoms with Crippen molar-refractivity contribution in [3.8, 4) is 0 Å². The molecule has 1 saturated heterocycles. The molecule has 1 fully saturated rings. The number of benzene rings is 2. The zero-order valence-corrected chi connectivity index (χ0v) is 16.5. The molecule has 1 aliphatic rings. The van der Waals surface area contributed by atoms with Crippen LogP contribution in [-0.2, 0) is 11.3 Å². The number of halogens is 3. The van der Waals surface area contributed by atoms with E-state index in [9.17, 15) is 4.79 Å². The maximum Gasteiger partial charge on any atom is 0.238 e. The summed E-state index contributed by atoms with van der Waals surface area (Å²) in [5.41, 5.74) is 1.72. The van der Waals surface area contributed by atoms with E-state index >= 15 is 0 Å². The minimum absolute atomic E-state index is 0.0186. The van der Waals surface area contributed by atoms with Gasteiger partial charge in [-0.2, -0.15) is 0 Å². The molecule has 0 aromatic heterocycles. The standard InChI is InChI=1S/C19H20Cl3N3O/c20-14-4-6-15(7-5-14)23-19(26)13-25-10-8-24(9-11-25)12-16-17(21)2-1-3-18(16)22/h1-7H,8-13H2,(H,23,26). The van der Waals surface area contributed by atoms with Gasteiger partial charge in [-0.25, -0.2) is 0 Å². The van der Waals surface area contributed by atoms with Crippen molar-refractivity contribution in [1.82, 2.24) is 9.80 Å². The predicted molar refractivity (Wildman–Crippen MR) is 108 cm³/mol. The van der Waals surface area contributed by atoms with Crippen LogP contribution in [0.5, 0.6) is 0 Å². The van der Waals surface area contributed by atoms with E-state index in [-0.39, 0.29) is 5.91 Å². The van der Waals surface area contributed by atoms with E-state index in [1.54, 1.807) is 24.3 Å². The molecule has 26 heavy (non-hydrogen) atoms. The number of hydrogen-bond acceptors (Lipinski definition) is 3. The third-order valence-corrected chi connectivity index (χ3v) is 5.36. The van der Waals surface area contributed by atoms with E-state index in [2.05, 4.69) is 15.1 Å². The molecule has 1 heterocycles. The van der Waals surface area contributed by atoms with Crippen LogP contribution >= 0.6 is 34.8 Å². The Morgan fingerprint density at radius 3 is 2.08 bits per heavy atom. The number of amides is 1. The van der Waals surface area contributed by atoms with Gasteiger partial charge in [0.1, 0.15) is 0 Å². The summed E-state index contributed by atoms with van der Waals surface area (Å²) in [5.74, 6) is -0.0186. The van der Waals surface area contributed by atoms with Gasteiger partial charge in [-0.1, -0.05) is 40.9 Å². The van der Waals surface area contributed by atoms with Crippen LogP contribution in [0.4, 0.5) is 5.69 Å². The van der Waals surface area contributed by atoms with E-state index in [1.165, 1.54) is 0 Å². The smallest absolute Gasteiger partial charge is 0.238 e. The van der Waals surface area contributed by atoms with Gasteiger partial charge in [0.15, 0.2) is 0 Å². The van der Waals surface area contributed by atoms with Crippen molar-refractivity contribution in [3.63, 3.8) is 0 Å². The number of carbonyl (C=O) groups excluding carboxylic acids is 1. The van der Waals surface area contributed by atoms with Crippen LogP contribution in [0.1, 0.15) is 5.56 Å². The topological polar surface area (TPSA) is 35.6 Å². The Balaban J connectivity index is 1.46. The van der Waals surface area contributed by atoms with Crippen LogP contribution in [0.15, 0.2) is 42.5 Å². The van der Waals surface area contributed by atoms with E-state index in [0.29, 0.717) is 21.6 Å². The quantitative estimate of drug-likeness (QED) is 0.790. The summed E-state index contributed by atoms with van der Waals surface area (Å²) < 4.78 is 0. The Hall–Kier alpha value is -1.30. The lowest BCUT2D eigenvalue weighted by molar-refractivity contribution is -0.117. The van der Waals surface area contributed by atoms with Crippen LogP contribution in [0, 0.1) is 0 Å². The maximum atomic E-state index is 12.2. The van der Waals surface area contributed by atoms with Gasteiger partial charge in [-0.3, -0.25) is 14.6 Å². The Bertz CT molecular complexity index is 739. The molecule has 0 saturated carbocycles. The van der Waals surface area contributed by atoms with Crippen molar-refractivity contribution in [3.05, 3.63) is 63.1 Å². The van der Waals surface area contributed by atoms with Crippen LogP contribution in [-0.4, -0.2) is 48.4 Å². The van der Waals surface area contributed by atoms with Crippen molar-refractivity contribution in [2.75, 3.05) is 38.0 Å². The Labute approximate surface area is 168 Å². The van der Waals surface area contributed by atoms with E-state index in [0.717, 1.165) is 44.0 Å². The highest BCUT2D eigenvalue weighted by Gasteiger charge is 2.20. The highest BCUT2D eigenvalue weighted by molar-refractivity contribution is 6.36. The fraction of sp³-hybridized carbons (Fsp3) is 0.316. The molecule has 0 aliphatic carbocycles. The first kappa shape index (κ1) is 19.5. The normalized spacial score (nSPS) is 15.8. The van der Waals surface area contributed by atoms with Gasteiger partial charge < -0.3 is 5.32 Å². The third kappa shape index (κ3) is 5.35. The van der Waals surface area contributed by atoms with Gasteiger partial charge >= 0.3 is 0 Å². The summed E-state index contributed by atoms with van der Waals surface area (Å²) in [6, 6.07) is 12.7. The molecule has 0 spiro atoms. The first-order valence-corrected chi connectivity index (χ1v) is 9.57. The largest absolute Gasteiger partial charge is 0.325 e. The number of rotatable bonds is 5. The van der Waals surface area contributed by atoms with Crippen molar-refractivity contribution in [2.24, 2.45) is 0 Å². The van der Waals surface area contributed by atoms with Gasteiger partial charge in [0, 0.05) is 59.0 Å². The summed E-state index contributed by atoms with van der Waals surface area (Å²) in [7, 11) is 0. The lowest BCUT2D eigenvalue weighted by Gasteiger charge is -2.34. The molecule has 0 bridgehead atoms. The van der Waals surface area contributed by atoms with Gasteiger partial charge in [0.2, 0.25) is 5.91 Å². The Morgan fingerprint density at radius 1 is 0.885 bits per heavy atom. The number of piperazine rings is 1. The zero-order chi connectivity index (χ0) is 18.5. The van der Waals surface area contributed by atoms with Gasteiger partial charge in [0.25, 0.3) is 0 Å². The second-order valence-corrected chi connectivity index (χ2v) is 7.56. The molecule has 1 aliphatic heterocycles. The second kappa shape index (κ2) is 9.07. The highest BCUT2D eigenvalue weighted by atomic mass is 35.5. The van der Waals surface area contributed by atoms with Crippen LogP contribution < -0.4 is 5.32 Å². The maximum absolute atomic E-state index is 12.2.